The van der Waals surface area contributed by atoms with Crippen molar-refractivity contribution in [3.05, 3.63) is 71.8 Å². The second-order valence-corrected chi connectivity index (χ2v) is 7.80. The van der Waals surface area contributed by atoms with Gasteiger partial charge in [-0.1, -0.05) is 12.1 Å². The average molecular weight is 450 g/mol. The Hall–Kier alpha value is -3.69. The number of aromatic amines is 1. The van der Waals surface area contributed by atoms with Crippen LogP contribution in [0.4, 0.5) is 0 Å². The second-order valence-electron chi connectivity index (χ2n) is 7.80. The molecule has 1 aromatic heterocycles. The van der Waals surface area contributed by atoms with Gasteiger partial charge in [0.15, 0.2) is 0 Å². The van der Waals surface area contributed by atoms with E-state index in [4.69, 9.17) is 23.7 Å². The van der Waals surface area contributed by atoms with Crippen LogP contribution in [-0.4, -0.2) is 53.9 Å². The van der Waals surface area contributed by atoms with E-state index < -0.39 is 11.9 Å². The minimum atomic E-state index is -0.700. The summed E-state index contributed by atoms with van der Waals surface area (Å²) in [5.41, 5.74) is 1.18. The normalized spacial score (nSPS) is 18.4. The molecule has 33 heavy (non-hydrogen) atoms. The zero-order valence-corrected chi connectivity index (χ0v) is 17.7. The van der Waals surface area contributed by atoms with Crippen LogP contribution in [0.15, 0.2) is 54.7 Å². The number of benzene rings is 2. The van der Waals surface area contributed by atoms with Gasteiger partial charge >= 0.3 is 11.9 Å². The lowest BCUT2D eigenvalue weighted by molar-refractivity contribution is 0.0722. The fourth-order valence-electron chi connectivity index (χ4n) is 3.09. The predicted octanol–water partition coefficient (Wildman–Crippen LogP) is 2.96. The Kier molecular flexibility index (Phi) is 6.05. The smallest absolute Gasteiger partial charge is 0.379 e. The van der Waals surface area contributed by atoms with Crippen LogP contribution < -0.4 is 14.2 Å². The molecular formula is C24H22N2O7. The zero-order valence-electron chi connectivity index (χ0n) is 17.7. The Morgan fingerprint density at radius 1 is 0.879 bits per heavy atom. The number of rotatable bonds is 10. The van der Waals surface area contributed by atoms with Crippen molar-refractivity contribution in [1.82, 2.24) is 9.97 Å². The third kappa shape index (κ3) is 5.97. The third-order valence-corrected chi connectivity index (χ3v) is 5.15. The lowest BCUT2D eigenvalue weighted by atomic mass is 10.1. The van der Waals surface area contributed by atoms with Gasteiger partial charge in [0, 0.05) is 0 Å². The van der Waals surface area contributed by atoms with Crippen LogP contribution >= 0.6 is 0 Å². The maximum Gasteiger partial charge on any atom is 0.379 e. The monoisotopic (exact) mass is 450 g/mol. The van der Waals surface area contributed by atoms with Crippen molar-refractivity contribution in [2.45, 2.75) is 25.0 Å². The molecule has 9 nitrogen and oxygen atoms in total. The standard InChI is InChI=1S/C24H22N2O7/c27-23(32-18-9-7-16(8-10-18)29-13-20-14-31-20)21-11-25-22(26-21)24(28)33-17-4-1-15(2-5-17)3-6-19-12-30-19/h1-2,4-5,7-11,19-20H,3,6,12-14H2,(H,25,26). The lowest BCUT2D eigenvalue weighted by Gasteiger charge is -2.06. The van der Waals surface area contributed by atoms with E-state index in [2.05, 4.69) is 9.97 Å². The van der Waals surface area contributed by atoms with Crippen LogP contribution in [0, 0.1) is 0 Å². The summed E-state index contributed by atoms with van der Waals surface area (Å²) >= 11 is 0. The first-order valence-electron chi connectivity index (χ1n) is 10.7. The molecule has 0 amide bonds. The molecule has 0 radical (unpaired) electrons. The zero-order chi connectivity index (χ0) is 22.6. The molecule has 0 bridgehead atoms. The highest BCUT2D eigenvalue weighted by Crippen LogP contribution is 2.21. The summed E-state index contributed by atoms with van der Waals surface area (Å²) in [7, 11) is 0. The molecule has 2 fully saturated rings. The molecule has 2 aliphatic heterocycles. The fraction of sp³-hybridized carbons (Fsp3) is 0.292. The topological polar surface area (TPSA) is 116 Å². The fourth-order valence-corrected chi connectivity index (χ4v) is 3.09. The minimum Gasteiger partial charge on any atom is -0.491 e. The quantitative estimate of drug-likeness (QED) is 0.285. The molecule has 0 spiro atoms. The molecule has 170 valence electrons. The van der Waals surface area contributed by atoms with Gasteiger partial charge in [0.2, 0.25) is 5.82 Å². The van der Waals surface area contributed by atoms with Crippen molar-refractivity contribution in [2.75, 3.05) is 19.8 Å². The number of imidazole rings is 1. The van der Waals surface area contributed by atoms with Crippen molar-refractivity contribution in [3.8, 4) is 17.2 Å². The van der Waals surface area contributed by atoms with Gasteiger partial charge < -0.3 is 28.7 Å². The van der Waals surface area contributed by atoms with Gasteiger partial charge in [-0.25, -0.2) is 14.6 Å². The molecule has 2 saturated heterocycles. The molecule has 2 aliphatic rings. The first kappa shape index (κ1) is 21.2. The first-order chi connectivity index (χ1) is 16.1. The Bertz CT molecular complexity index is 1030. The number of H-pyrrole nitrogens is 1. The molecule has 2 aromatic carbocycles. The van der Waals surface area contributed by atoms with Gasteiger partial charge in [-0.05, 0) is 54.8 Å². The van der Waals surface area contributed by atoms with E-state index in [0.717, 1.165) is 31.6 Å². The summed E-state index contributed by atoms with van der Waals surface area (Å²) < 4.78 is 26.5. The van der Waals surface area contributed by atoms with Crippen LogP contribution in [0.5, 0.6) is 17.2 Å². The van der Waals surface area contributed by atoms with Gasteiger partial charge in [0.05, 0.1) is 25.5 Å². The van der Waals surface area contributed by atoms with E-state index in [-0.39, 0.29) is 17.6 Å². The summed E-state index contributed by atoms with van der Waals surface area (Å²) in [6.45, 7) is 2.05. The molecule has 3 heterocycles. The van der Waals surface area contributed by atoms with E-state index in [9.17, 15) is 9.59 Å². The van der Waals surface area contributed by atoms with Crippen LogP contribution in [0.1, 0.15) is 33.1 Å². The van der Waals surface area contributed by atoms with E-state index in [0.29, 0.717) is 30.0 Å². The molecule has 2 unspecified atom stereocenters. The van der Waals surface area contributed by atoms with Crippen molar-refractivity contribution < 1.29 is 33.3 Å². The number of hydrogen-bond acceptors (Lipinski definition) is 8. The molecule has 3 aromatic rings. The van der Waals surface area contributed by atoms with Crippen molar-refractivity contribution >= 4 is 11.9 Å². The molecule has 1 N–H and O–H groups in total. The van der Waals surface area contributed by atoms with E-state index in [1.165, 1.54) is 6.20 Å². The molecule has 9 heteroatoms. The summed E-state index contributed by atoms with van der Waals surface area (Å²) in [4.78, 5) is 31.3. The Morgan fingerprint density at radius 2 is 1.48 bits per heavy atom. The Morgan fingerprint density at radius 3 is 2.15 bits per heavy atom. The molecular weight excluding hydrogens is 428 g/mol. The van der Waals surface area contributed by atoms with Crippen molar-refractivity contribution in [1.29, 1.82) is 0 Å². The van der Waals surface area contributed by atoms with Crippen molar-refractivity contribution in [3.63, 3.8) is 0 Å². The van der Waals surface area contributed by atoms with Crippen LogP contribution in [0.25, 0.3) is 0 Å². The number of epoxide rings is 2. The number of nitrogens with zero attached hydrogens (tertiary/aromatic N) is 1. The van der Waals surface area contributed by atoms with E-state index in [1.807, 2.05) is 12.1 Å². The van der Waals surface area contributed by atoms with Gasteiger partial charge in [0.1, 0.15) is 35.7 Å². The van der Waals surface area contributed by atoms with Crippen LogP contribution in [0.3, 0.4) is 0 Å². The Labute approximate surface area is 189 Å². The summed E-state index contributed by atoms with van der Waals surface area (Å²) in [6.07, 6.45) is 3.67. The predicted molar refractivity (Wildman–Crippen MR) is 115 cm³/mol. The molecule has 0 aliphatic carbocycles. The lowest BCUT2D eigenvalue weighted by Crippen LogP contribution is -2.12. The highest BCUT2D eigenvalue weighted by atomic mass is 16.6. The van der Waals surface area contributed by atoms with Gasteiger partial charge in [-0.15, -0.1) is 0 Å². The summed E-state index contributed by atoms with van der Waals surface area (Å²) in [5, 5.41) is 0. The second kappa shape index (κ2) is 9.43. The Balaban J connectivity index is 1.12. The number of hydrogen-bond donors (Lipinski definition) is 1. The van der Waals surface area contributed by atoms with Gasteiger partial charge in [-0.3, -0.25) is 0 Å². The number of carbonyl (C=O) groups excluding carboxylic acids is 2. The average Bonchev–Trinajstić information content (AvgIpc) is 3.77. The largest absolute Gasteiger partial charge is 0.491 e. The number of aryl methyl sites for hydroxylation is 1. The summed E-state index contributed by atoms with van der Waals surface area (Å²) in [5.74, 6) is -0.0886. The van der Waals surface area contributed by atoms with Crippen LogP contribution in [0.2, 0.25) is 0 Å². The van der Waals surface area contributed by atoms with Crippen molar-refractivity contribution in [2.24, 2.45) is 0 Å². The van der Waals surface area contributed by atoms with E-state index in [1.54, 1.807) is 36.4 Å². The molecule has 0 saturated carbocycles. The highest BCUT2D eigenvalue weighted by Gasteiger charge is 2.23. The van der Waals surface area contributed by atoms with Crippen LogP contribution in [-0.2, 0) is 15.9 Å². The van der Waals surface area contributed by atoms with Gasteiger partial charge in [0.25, 0.3) is 0 Å². The van der Waals surface area contributed by atoms with Gasteiger partial charge in [-0.2, -0.15) is 0 Å². The highest BCUT2D eigenvalue weighted by molar-refractivity contribution is 5.92. The summed E-state index contributed by atoms with van der Waals surface area (Å²) in [6, 6.07) is 13.9. The van der Waals surface area contributed by atoms with E-state index >= 15 is 0 Å². The minimum absolute atomic E-state index is 0.0331. The maximum absolute atomic E-state index is 12.4. The first-order valence-corrected chi connectivity index (χ1v) is 10.7. The molecule has 2 atom stereocenters. The number of esters is 2. The maximum atomic E-state index is 12.4. The molecule has 5 rings (SSSR count). The third-order valence-electron chi connectivity index (χ3n) is 5.15. The number of ether oxygens (including phenoxy) is 5. The SMILES string of the molecule is O=C(Oc1ccc(OCC2CO2)cc1)c1cnc(C(=O)Oc2ccc(CCC3CO3)cc2)[nH]1. The number of aromatic nitrogens is 2. The number of carbonyl (C=O) groups is 2. The number of nitrogens with one attached hydrogen (secondary N) is 1.